The van der Waals surface area contributed by atoms with E-state index in [1.54, 1.807) is 18.1 Å². The highest BCUT2D eigenvalue weighted by atomic mass is 16.6. The Morgan fingerprint density at radius 3 is 2.54 bits per heavy atom. The molecule has 1 fully saturated rings. The van der Waals surface area contributed by atoms with E-state index in [4.69, 9.17) is 9.15 Å². The van der Waals surface area contributed by atoms with Gasteiger partial charge in [0.05, 0.1) is 18.8 Å². The Labute approximate surface area is 165 Å². The van der Waals surface area contributed by atoms with Crippen molar-refractivity contribution < 1.29 is 18.7 Å². The molecule has 1 unspecified atom stereocenters. The summed E-state index contributed by atoms with van der Waals surface area (Å²) in [5, 5.41) is 3.18. The molecule has 6 heteroatoms. The van der Waals surface area contributed by atoms with Gasteiger partial charge in [-0.15, -0.1) is 0 Å². The Morgan fingerprint density at radius 2 is 1.93 bits per heavy atom. The van der Waals surface area contributed by atoms with Crippen LogP contribution in [-0.2, 0) is 16.0 Å². The van der Waals surface area contributed by atoms with Crippen LogP contribution in [0.1, 0.15) is 42.6 Å². The fraction of sp³-hybridized carbons (Fsp3) is 0.455. The Morgan fingerprint density at radius 1 is 1.21 bits per heavy atom. The van der Waals surface area contributed by atoms with Crippen molar-refractivity contribution >= 4 is 12.0 Å². The second-order valence-electron chi connectivity index (χ2n) is 7.22. The second-order valence-corrected chi connectivity index (χ2v) is 7.22. The van der Waals surface area contributed by atoms with Gasteiger partial charge < -0.3 is 19.4 Å². The molecule has 1 N–H and O–H groups in total. The zero-order valence-corrected chi connectivity index (χ0v) is 16.5. The van der Waals surface area contributed by atoms with Gasteiger partial charge in [0.1, 0.15) is 5.76 Å². The first-order valence-electron chi connectivity index (χ1n) is 9.88. The molecule has 28 heavy (non-hydrogen) atoms. The molecule has 0 saturated carbocycles. The van der Waals surface area contributed by atoms with Gasteiger partial charge >= 0.3 is 6.09 Å². The van der Waals surface area contributed by atoms with Crippen LogP contribution in [0.5, 0.6) is 0 Å². The lowest BCUT2D eigenvalue weighted by molar-refractivity contribution is -0.123. The molecule has 1 aliphatic heterocycles. The third-order valence-corrected chi connectivity index (χ3v) is 5.15. The smallest absolute Gasteiger partial charge is 0.409 e. The average Bonchev–Trinajstić information content (AvgIpc) is 3.21. The number of nitrogens with one attached hydrogen (secondary N) is 1. The number of nitrogens with zero attached hydrogens (tertiary/aromatic N) is 1. The topological polar surface area (TPSA) is 71.8 Å². The van der Waals surface area contributed by atoms with Crippen LogP contribution in [0.2, 0.25) is 0 Å². The summed E-state index contributed by atoms with van der Waals surface area (Å²) in [5.74, 6) is 0.475. The van der Waals surface area contributed by atoms with Crippen molar-refractivity contribution in [2.45, 2.75) is 45.1 Å². The van der Waals surface area contributed by atoms with Gasteiger partial charge in [-0.25, -0.2) is 4.79 Å². The van der Waals surface area contributed by atoms with Gasteiger partial charge in [-0.1, -0.05) is 29.8 Å². The average molecular weight is 384 g/mol. The molecule has 1 saturated heterocycles. The minimum absolute atomic E-state index is 0.00478. The van der Waals surface area contributed by atoms with Crippen molar-refractivity contribution in [1.82, 2.24) is 10.2 Å². The van der Waals surface area contributed by atoms with Crippen LogP contribution >= 0.6 is 0 Å². The van der Waals surface area contributed by atoms with E-state index in [1.165, 1.54) is 0 Å². The molecular formula is C22H28N2O4. The molecule has 0 radical (unpaired) electrons. The molecule has 2 amide bonds. The summed E-state index contributed by atoms with van der Waals surface area (Å²) in [7, 11) is 0. The third-order valence-electron chi connectivity index (χ3n) is 5.15. The third kappa shape index (κ3) is 5.15. The molecule has 1 aromatic carbocycles. The molecule has 1 atom stereocenters. The maximum absolute atomic E-state index is 13.1. The van der Waals surface area contributed by atoms with Gasteiger partial charge in [-0.2, -0.15) is 0 Å². The van der Waals surface area contributed by atoms with Crippen LogP contribution in [0.4, 0.5) is 4.79 Å². The van der Waals surface area contributed by atoms with E-state index >= 15 is 0 Å². The summed E-state index contributed by atoms with van der Waals surface area (Å²) in [6, 6.07) is 11.8. The van der Waals surface area contributed by atoms with E-state index in [2.05, 4.69) is 5.32 Å². The van der Waals surface area contributed by atoms with Crippen LogP contribution in [0.15, 0.2) is 47.1 Å². The molecule has 0 bridgehead atoms. The molecule has 2 aromatic rings. The van der Waals surface area contributed by atoms with Gasteiger partial charge in [0.2, 0.25) is 5.91 Å². The Balaban J connectivity index is 1.63. The van der Waals surface area contributed by atoms with Gasteiger partial charge in [0.25, 0.3) is 0 Å². The zero-order valence-electron chi connectivity index (χ0n) is 16.5. The van der Waals surface area contributed by atoms with Crippen molar-refractivity contribution in [2.24, 2.45) is 0 Å². The molecule has 6 nitrogen and oxygen atoms in total. The number of likely N-dealkylation sites (tertiary alicyclic amines) is 1. The minimum Gasteiger partial charge on any atom is -0.469 e. The summed E-state index contributed by atoms with van der Waals surface area (Å²) in [6.07, 6.45) is 3.33. The fourth-order valence-corrected chi connectivity index (χ4v) is 3.51. The lowest BCUT2D eigenvalue weighted by Crippen LogP contribution is -2.47. The summed E-state index contributed by atoms with van der Waals surface area (Å²) < 4.78 is 10.5. The number of aryl methyl sites for hydroxylation is 1. The van der Waals surface area contributed by atoms with E-state index in [-0.39, 0.29) is 24.0 Å². The van der Waals surface area contributed by atoms with E-state index in [0.717, 1.165) is 29.7 Å². The van der Waals surface area contributed by atoms with Gasteiger partial charge in [0.15, 0.2) is 0 Å². The van der Waals surface area contributed by atoms with E-state index in [9.17, 15) is 9.59 Å². The summed E-state index contributed by atoms with van der Waals surface area (Å²) in [6.45, 7) is 5.40. The fourth-order valence-electron chi connectivity index (χ4n) is 3.51. The highest BCUT2D eigenvalue weighted by Gasteiger charge is 2.28. The van der Waals surface area contributed by atoms with Crippen molar-refractivity contribution in [3.05, 3.63) is 59.5 Å². The standard InChI is InChI=1S/C22H28N2O4/c1-3-27-22(26)24-12-10-18(11-13-24)23-21(25)20(15-19-5-4-14-28-19)17-8-6-16(2)7-9-17/h4-9,14,18,20H,3,10-13,15H2,1-2H3,(H,23,25). The quantitative estimate of drug-likeness (QED) is 0.825. The van der Waals surface area contributed by atoms with Crippen molar-refractivity contribution in [3.8, 4) is 0 Å². The monoisotopic (exact) mass is 384 g/mol. The first kappa shape index (κ1) is 20.0. The van der Waals surface area contributed by atoms with Crippen molar-refractivity contribution in [3.63, 3.8) is 0 Å². The molecule has 3 rings (SSSR count). The van der Waals surface area contributed by atoms with E-state index in [1.807, 2.05) is 43.3 Å². The highest BCUT2D eigenvalue weighted by Crippen LogP contribution is 2.23. The second kappa shape index (κ2) is 9.44. The number of furan rings is 1. The Kier molecular flexibility index (Phi) is 6.74. The number of amides is 2. The molecule has 0 spiro atoms. The number of rotatable bonds is 6. The van der Waals surface area contributed by atoms with Crippen molar-refractivity contribution in [1.29, 1.82) is 0 Å². The normalized spacial score (nSPS) is 15.9. The van der Waals surface area contributed by atoms with Crippen LogP contribution in [0.3, 0.4) is 0 Å². The molecule has 1 aliphatic rings. The molecule has 0 aliphatic carbocycles. The molecule has 1 aromatic heterocycles. The van der Waals surface area contributed by atoms with Gasteiger partial charge in [0, 0.05) is 25.6 Å². The van der Waals surface area contributed by atoms with Gasteiger partial charge in [-0.05, 0) is 44.4 Å². The summed E-state index contributed by atoms with van der Waals surface area (Å²) >= 11 is 0. The Hall–Kier alpha value is -2.76. The number of piperidine rings is 1. The molecule has 150 valence electrons. The summed E-state index contributed by atoms with van der Waals surface area (Å²) in [5.41, 5.74) is 2.13. The van der Waals surface area contributed by atoms with Crippen molar-refractivity contribution in [2.75, 3.05) is 19.7 Å². The zero-order chi connectivity index (χ0) is 19.9. The Bertz CT molecular complexity index is 762. The number of carbonyl (C=O) groups is 2. The first-order valence-corrected chi connectivity index (χ1v) is 9.88. The van der Waals surface area contributed by atoms with Crippen LogP contribution in [0.25, 0.3) is 0 Å². The number of carbonyl (C=O) groups excluding carboxylic acids is 2. The van der Waals surface area contributed by atoms with E-state index in [0.29, 0.717) is 26.1 Å². The largest absolute Gasteiger partial charge is 0.469 e. The molecule has 2 heterocycles. The number of hydrogen-bond donors (Lipinski definition) is 1. The first-order chi connectivity index (χ1) is 13.6. The summed E-state index contributed by atoms with van der Waals surface area (Å²) in [4.78, 5) is 26.6. The predicted molar refractivity (Wildman–Crippen MR) is 106 cm³/mol. The van der Waals surface area contributed by atoms with Crippen LogP contribution in [0, 0.1) is 6.92 Å². The number of hydrogen-bond acceptors (Lipinski definition) is 4. The van der Waals surface area contributed by atoms with E-state index < -0.39 is 0 Å². The maximum atomic E-state index is 13.1. The number of ether oxygens (including phenoxy) is 1. The number of benzene rings is 1. The SMILES string of the molecule is CCOC(=O)N1CCC(NC(=O)C(Cc2ccco2)c2ccc(C)cc2)CC1. The van der Waals surface area contributed by atoms with Gasteiger partial charge in [-0.3, -0.25) is 4.79 Å². The van der Waals surface area contributed by atoms with Crippen LogP contribution < -0.4 is 5.32 Å². The molecular weight excluding hydrogens is 356 g/mol. The maximum Gasteiger partial charge on any atom is 0.409 e. The van der Waals surface area contributed by atoms with Crippen LogP contribution in [-0.4, -0.2) is 42.6 Å². The minimum atomic E-state index is -0.310. The predicted octanol–water partition coefficient (Wildman–Crippen LogP) is 3.65. The lowest BCUT2D eigenvalue weighted by Gasteiger charge is -2.32. The highest BCUT2D eigenvalue weighted by molar-refractivity contribution is 5.84. The lowest BCUT2D eigenvalue weighted by atomic mass is 9.92.